The van der Waals surface area contributed by atoms with Gasteiger partial charge < -0.3 is 4.90 Å². The SMILES string of the molecule is C=CCN(CC=C)S(=O)(=O)c1ccc(C(=O)N(CCN(CC)CC)c2nc3c(F)cc(F)cc3s2)cc1.Cl. The fourth-order valence-electron chi connectivity index (χ4n) is 3.76. The molecule has 0 aliphatic rings. The van der Waals surface area contributed by atoms with Crippen LogP contribution in [0.2, 0.25) is 0 Å². The maximum absolute atomic E-state index is 14.3. The van der Waals surface area contributed by atoms with Crippen molar-refractivity contribution in [3.05, 3.63) is 78.9 Å². The second-order valence-electron chi connectivity index (χ2n) is 8.14. The molecule has 0 fully saturated rings. The van der Waals surface area contributed by atoms with Gasteiger partial charge in [-0.3, -0.25) is 9.69 Å². The van der Waals surface area contributed by atoms with Crippen LogP contribution in [0.4, 0.5) is 13.9 Å². The van der Waals surface area contributed by atoms with Crippen LogP contribution in [0.15, 0.2) is 66.6 Å². The van der Waals surface area contributed by atoms with Gasteiger partial charge in [0, 0.05) is 37.8 Å². The van der Waals surface area contributed by atoms with Crippen molar-refractivity contribution in [2.75, 3.05) is 44.2 Å². The Morgan fingerprint density at radius 3 is 2.18 bits per heavy atom. The van der Waals surface area contributed by atoms with Gasteiger partial charge in [0.15, 0.2) is 10.9 Å². The minimum absolute atomic E-state index is 0. The molecule has 12 heteroatoms. The van der Waals surface area contributed by atoms with Crippen LogP contribution in [0.3, 0.4) is 0 Å². The summed E-state index contributed by atoms with van der Waals surface area (Å²) in [5, 5.41) is 0.233. The van der Waals surface area contributed by atoms with Crippen LogP contribution in [0.25, 0.3) is 10.2 Å². The zero-order chi connectivity index (χ0) is 27.2. The molecule has 0 saturated carbocycles. The Morgan fingerprint density at radius 1 is 1.03 bits per heavy atom. The smallest absolute Gasteiger partial charge is 0.260 e. The average Bonchev–Trinajstić information content (AvgIpc) is 3.30. The number of amides is 1. The monoisotopic (exact) mass is 584 g/mol. The van der Waals surface area contributed by atoms with E-state index in [1.54, 1.807) is 0 Å². The number of halogens is 3. The minimum atomic E-state index is -3.82. The minimum Gasteiger partial charge on any atom is -0.302 e. The number of benzene rings is 2. The van der Waals surface area contributed by atoms with E-state index in [9.17, 15) is 22.0 Å². The van der Waals surface area contributed by atoms with E-state index in [0.29, 0.717) is 11.2 Å². The molecule has 0 radical (unpaired) electrons. The predicted octanol–water partition coefficient (Wildman–Crippen LogP) is 5.35. The largest absolute Gasteiger partial charge is 0.302 e. The molecular weight excluding hydrogens is 554 g/mol. The molecule has 3 aromatic rings. The molecule has 1 amide bonds. The first-order valence-electron chi connectivity index (χ1n) is 11.8. The summed E-state index contributed by atoms with van der Waals surface area (Å²) in [5.74, 6) is -1.95. The van der Waals surface area contributed by atoms with Crippen molar-refractivity contribution < 1.29 is 22.0 Å². The van der Waals surface area contributed by atoms with Gasteiger partial charge >= 0.3 is 0 Å². The summed E-state index contributed by atoms with van der Waals surface area (Å²) in [6.45, 7) is 13.8. The lowest BCUT2D eigenvalue weighted by Crippen LogP contribution is -2.39. The topological polar surface area (TPSA) is 73.8 Å². The molecule has 0 aliphatic carbocycles. The van der Waals surface area contributed by atoms with Crippen molar-refractivity contribution in [2.24, 2.45) is 0 Å². The first kappa shape index (κ1) is 31.5. The first-order chi connectivity index (χ1) is 17.7. The molecule has 38 heavy (non-hydrogen) atoms. The molecule has 0 bridgehead atoms. The number of aromatic nitrogens is 1. The van der Waals surface area contributed by atoms with Gasteiger partial charge in [-0.05, 0) is 43.4 Å². The zero-order valence-electron chi connectivity index (χ0n) is 21.3. The third kappa shape index (κ3) is 7.03. The number of fused-ring (bicyclic) bond motifs is 1. The lowest BCUT2D eigenvalue weighted by atomic mass is 10.2. The number of thiazole rings is 1. The lowest BCUT2D eigenvalue weighted by Gasteiger charge is -2.25. The van der Waals surface area contributed by atoms with Crippen LogP contribution in [-0.2, 0) is 10.0 Å². The third-order valence-corrected chi connectivity index (χ3v) is 8.69. The van der Waals surface area contributed by atoms with Gasteiger partial charge in [0.1, 0.15) is 11.3 Å². The van der Waals surface area contributed by atoms with Gasteiger partial charge in [0.05, 0.1) is 9.60 Å². The Hall–Kier alpha value is -2.70. The van der Waals surface area contributed by atoms with Crippen LogP contribution in [-0.4, -0.2) is 67.8 Å². The highest BCUT2D eigenvalue weighted by molar-refractivity contribution is 7.89. The molecule has 0 atom stereocenters. The van der Waals surface area contributed by atoms with Crippen LogP contribution in [0.1, 0.15) is 24.2 Å². The number of hydrogen-bond donors (Lipinski definition) is 0. The molecule has 206 valence electrons. The van der Waals surface area contributed by atoms with Gasteiger partial charge in [0.2, 0.25) is 10.0 Å². The Balaban J connectivity index is 0.00000507. The molecule has 3 rings (SSSR count). The summed E-state index contributed by atoms with van der Waals surface area (Å²) in [6, 6.07) is 7.56. The fourth-order valence-corrected chi connectivity index (χ4v) is 6.17. The highest BCUT2D eigenvalue weighted by Crippen LogP contribution is 2.32. The number of anilines is 1. The van der Waals surface area contributed by atoms with E-state index >= 15 is 0 Å². The van der Waals surface area contributed by atoms with Crippen molar-refractivity contribution in [1.82, 2.24) is 14.2 Å². The van der Waals surface area contributed by atoms with Crippen molar-refractivity contribution in [1.29, 1.82) is 0 Å². The summed E-state index contributed by atoms with van der Waals surface area (Å²) in [4.78, 5) is 21.4. The third-order valence-electron chi connectivity index (χ3n) is 5.82. The lowest BCUT2D eigenvalue weighted by molar-refractivity contribution is 0.0983. The summed E-state index contributed by atoms with van der Waals surface area (Å²) in [7, 11) is -3.82. The highest BCUT2D eigenvalue weighted by Gasteiger charge is 2.26. The van der Waals surface area contributed by atoms with E-state index in [0.717, 1.165) is 30.5 Å². The van der Waals surface area contributed by atoms with Crippen LogP contribution >= 0.6 is 23.7 Å². The number of carbonyl (C=O) groups is 1. The van der Waals surface area contributed by atoms with Crippen LogP contribution in [0.5, 0.6) is 0 Å². The number of hydrogen-bond acceptors (Lipinski definition) is 6. The van der Waals surface area contributed by atoms with Crippen LogP contribution < -0.4 is 4.90 Å². The quantitative estimate of drug-likeness (QED) is 0.253. The summed E-state index contributed by atoms with van der Waals surface area (Å²) in [6.07, 6.45) is 2.97. The van der Waals surface area contributed by atoms with Gasteiger partial charge in [-0.1, -0.05) is 37.3 Å². The van der Waals surface area contributed by atoms with Gasteiger partial charge in [0.25, 0.3) is 5.91 Å². The number of sulfonamides is 1. The number of carbonyl (C=O) groups excluding carboxylic acids is 1. The van der Waals surface area contributed by atoms with E-state index in [4.69, 9.17) is 0 Å². The van der Waals surface area contributed by atoms with Gasteiger partial charge in [-0.15, -0.1) is 25.6 Å². The molecule has 0 N–H and O–H groups in total. The molecular formula is C26H31ClF2N4O3S2. The maximum Gasteiger partial charge on any atom is 0.260 e. The zero-order valence-corrected chi connectivity index (χ0v) is 23.7. The first-order valence-corrected chi connectivity index (χ1v) is 14.0. The maximum atomic E-state index is 14.3. The van der Waals surface area contributed by atoms with E-state index in [1.165, 1.54) is 51.7 Å². The standard InChI is InChI=1S/C26H30F2N4O3S2.ClH/c1-5-13-31(14-6-2)37(34,35)21-11-9-19(10-12-21)25(33)32(16-15-30(7-3)8-4)26-29-24-22(28)17-20(27)18-23(24)36-26;/h5-6,9-12,17-18H,1-2,7-8,13-16H2,3-4H3;1H. The Labute approximate surface area is 232 Å². The van der Waals surface area contributed by atoms with Gasteiger partial charge in [-0.2, -0.15) is 4.31 Å². The molecule has 1 heterocycles. The van der Waals surface area contributed by atoms with Crippen molar-refractivity contribution in [2.45, 2.75) is 18.7 Å². The Kier molecular flexibility index (Phi) is 11.5. The van der Waals surface area contributed by atoms with E-state index in [1.807, 2.05) is 13.8 Å². The molecule has 1 aromatic heterocycles. The van der Waals surface area contributed by atoms with E-state index in [-0.39, 0.29) is 53.1 Å². The Morgan fingerprint density at radius 2 is 1.63 bits per heavy atom. The van der Waals surface area contributed by atoms with Gasteiger partial charge in [-0.25, -0.2) is 22.2 Å². The predicted molar refractivity (Wildman–Crippen MR) is 152 cm³/mol. The van der Waals surface area contributed by atoms with Crippen molar-refractivity contribution in [3.8, 4) is 0 Å². The number of nitrogens with zero attached hydrogens (tertiary/aromatic N) is 4. The molecule has 0 spiro atoms. The average molecular weight is 585 g/mol. The molecule has 7 nitrogen and oxygen atoms in total. The van der Waals surface area contributed by atoms with Crippen LogP contribution in [0, 0.1) is 11.6 Å². The molecule has 0 saturated heterocycles. The molecule has 0 unspecified atom stereocenters. The number of likely N-dealkylation sites (N-methyl/N-ethyl adjacent to an activating group) is 1. The van der Waals surface area contributed by atoms with E-state index in [2.05, 4.69) is 23.0 Å². The van der Waals surface area contributed by atoms with Crippen molar-refractivity contribution in [3.63, 3.8) is 0 Å². The number of rotatable bonds is 13. The van der Waals surface area contributed by atoms with Crippen molar-refractivity contribution >= 4 is 55.0 Å². The Bertz CT molecular complexity index is 1370. The second-order valence-corrected chi connectivity index (χ2v) is 11.1. The summed E-state index contributed by atoms with van der Waals surface area (Å²) in [5.41, 5.74) is 0.233. The normalized spacial score (nSPS) is 11.5. The molecule has 0 aliphatic heterocycles. The fraction of sp³-hybridized carbons (Fsp3) is 0.308. The molecule has 2 aromatic carbocycles. The summed E-state index contributed by atoms with van der Waals surface area (Å²) < 4.78 is 55.6. The van der Waals surface area contributed by atoms with E-state index < -0.39 is 27.6 Å². The highest BCUT2D eigenvalue weighted by atomic mass is 35.5. The summed E-state index contributed by atoms with van der Waals surface area (Å²) >= 11 is 1.02. The second kappa shape index (κ2) is 13.9.